The molecule has 2 nitrogen and oxygen atoms in total. The Kier molecular flexibility index (Phi) is 2.57. The van der Waals surface area contributed by atoms with Crippen molar-refractivity contribution >= 4 is 40.8 Å². The summed E-state index contributed by atoms with van der Waals surface area (Å²) in [5.74, 6) is -1.03. The minimum Gasteiger partial charge on any atom is -0.480 e. The van der Waals surface area contributed by atoms with Crippen LogP contribution >= 0.6 is 34.8 Å². The summed E-state index contributed by atoms with van der Waals surface area (Å²) >= 11 is 17.1. The van der Waals surface area contributed by atoms with E-state index in [-0.39, 0.29) is 23.6 Å². The van der Waals surface area contributed by atoms with Crippen LogP contribution in [0.1, 0.15) is 12.8 Å². The van der Waals surface area contributed by atoms with Gasteiger partial charge in [-0.25, -0.2) is 0 Å². The molecule has 5 heteroatoms. The first-order chi connectivity index (χ1) is 4.96. The van der Waals surface area contributed by atoms with Gasteiger partial charge in [0.15, 0.2) is 0 Å². The molecular formula is C6H7Cl3O2. The Balaban J connectivity index is 2.71. The van der Waals surface area contributed by atoms with E-state index in [0.29, 0.717) is 0 Å². The Morgan fingerprint density at radius 1 is 1.36 bits per heavy atom. The fraction of sp³-hybridized carbons (Fsp3) is 0.833. The molecule has 0 spiro atoms. The molecule has 2 unspecified atom stereocenters. The van der Waals surface area contributed by atoms with Crippen molar-refractivity contribution < 1.29 is 9.90 Å². The van der Waals surface area contributed by atoms with E-state index in [9.17, 15) is 4.79 Å². The predicted molar refractivity (Wildman–Crippen MR) is 44.7 cm³/mol. The van der Waals surface area contributed by atoms with Gasteiger partial charge < -0.3 is 5.11 Å². The third kappa shape index (κ3) is 1.74. The van der Waals surface area contributed by atoms with Gasteiger partial charge in [-0.1, -0.05) is 0 Å². The van der Waals surface area contributed by atoms with Crippen molar-refractivity contribution in [1.29, 1.82) is 0 Å². The summed E-state index contributed by atoms with van der Waals surface area (Å²) in [7, 11) is 0. The molecule has 0 radical (unpaired) electrons. The molecule has 0 heterocycles. The van der Waals surface area contributed by atoms with Crippen molar-refractivity contribution in [3.05, 3.63) is 0 Å². The van der Waals surface area contributed by atoms with Crippen LogP contribution in [0.15, 0.2) is 0 Å². The number of halogens is 3. The smallest absolute Gasteiger partial charge is 0.324 e. The van der Waals surface area contributed by atoms with E-state index in [4.69, 9.17) is 39.9 Å². The molecule has 0 amide bonds. The van der Waals surface area contributed by atoms with E-state index in [0.717, 1.165) is 0 Å². The lowest BCUT2D eigenvalue weighted by Gasteiger charge is -2.13. The highest BCUT2D eigenvalue weighted by Crippen LogP contribution is 2.41. The Hall–Kier alpha value is 0.340. The van der Waals surface area contributed by atoms with Crippen LogP contribution in [-0.2, 0) is 4.79 Å². The second-order valence-electron chi connectivity index (χ2n) is 2.71. The molecule has 0 aliphatic heterocycles. The summed E-state index contributed by atoms with van der Waals surface area (Å²) in [5.41, 5.74) is 0. The van der Waals surface area contributed by atoms with Crippen molar-refractivity contribution in [2.45, 2.75) is 28.5 Å². The van der Waals surface area contributed by atoms with Gasteiger partial charge in [0.2, 0.25) is 0 Å². The third-order valence-corrected chi connectivity index (χ3v) is 3.33. The Labute approximate surface area is 79.4 Å². The minimum absolute atomic E-state index is 0.236. The minimum atomic E-state index is -1.24. The van der Waals surface area contributed by atoms with Gasteiger partial charge in [0.1, 0.15) is 4.87 Å². The van der Waals surface area contributed by atoms with Gasteiger partial charge in [-0.2, -0.15) is 0 Å². The summed E-state index contributed by atoms with van der Waals surface area (Å²) in [5, 5.41) is 8.00. The summed E-state index contributed by atoms with van der Waals surface area (Å²) in [6.07, 6.45) is 0.471. The molecule has 0 aromatic carbocycles. The second kappa shape index (κ2) is 3.00. The van der Waals surface area contributed by atoms with Gasteiger partial charge in [-0.05, 0) is 12.8 Å². The summed E-state index contributed by atoms with van der Waals surface area (Å²) in [4.78, 5) is 9.33. The lowest BCUT2D eigenvalue weighted by molar-refractivity contribution is -0.140. The molecule has 2 atom stereocenters. The molecule has 1 rings (SSSR count). The van der Waals surface area contributed by atoms with Crippen molar-refractivity contribution in [2.24, 2.45) is 0 Å². The van der Waals surface area contributed by atoms with Crippen LogP contribution in [0.5, 0.6) is 0 Å². The van der Waals surface area contributed by atoms with Gasteiger partial charge in [0.25, 0.3) is 0 Å². The van der Waals surface area contributed by atoms with Gasteiger partial charge in [0.05, 0.1) is 10.8 Å². The SMILES string of the molecule is O=C(O)C1(Cl)CC(Cl)C(Cl)C1. The zero-order chi connectivity index (χ0) is 8.65. The van der Waals surface area contributed by atoms with Crippen molar-refractivity contribution in [1.82, 2.24) is 0 Å². The highest BCUT2D eigenvalue weighted by molar-refractivity contribution is 6.38. The number of rotatable bonds is 1. The Morgan fingerprint density at radius 3 is 1.91 bits per heavy atom. The van der Waals surface area contributed by atoms with E-state index in [1.807, 2.05) is 0 Å². The van der Waals surface area contributed by atoms with Crippen LogP contribution in [0.4, 0.5) is 0 Å². The van der Waals surface area contributed by atoms with Gasteiger partial charge in [-0.15, -0.1) is 34.8 Å². The molecular weight excluding hydrogens is 210 g/mol. The highest BCUT2D eigenvalue weighted by Gasteiger charge is 2.48. The average molecular weight is 217 g/mol. The zero-order valence-electron chi connectivity index (χ0n) is 5.56. The highest BCUT2D eigenvalue weighted by atomic mass is 35.5. The number of carbonyl (C=O) groups is 1. The summed E-state index contributed by atoms with van der Waals surface area (Å²) < 4.78 is 0. The molecule has 0 aromatic heterocycles. The molecule has 0 aromatic rings. The fourth-order valence-corrected chi connectivity index (χ4v) is 2.33. The molecule has 0 saturated heterocycles. The monoisotopic (exact) mass is 216 g/mol. The molecule has 1 N–H and O–H groups in total. The summed E-state index contributed by atoms with van der Waals surface area (Å²) in [6, 6.07) is 0. The molecule has 1 aliphatic rings. The topological polar surface area (TPSA) is 37.3 Å². The predicted octanol–water partition coefficient (Wildman–Crippen LogP) is 2.06. The van der Waals surface area contributed by atoms with E-state index in [1.54, 1.807) is 0 Å². The molecule has 1 fully saturated rings. The first-order valence-electron chi connectivity index (χ1n) is 3.16. The maximum atomic E-state index is 10.6. The fourth-order valence-electron chi connectivity index (χ4n) is 1.13. The maximum absolute atomic E-state index is 10.6. The number of aliphatic carboxylic acids is 1. The normalized spacial score (nSPS) is 44.3. The lowest BCUT2D eigenvalue weighted by atomic mass is 10.1. The largest absolute Gasteiger partial charge is 0.480 e. The van der Waals surface area contributed by atoms with E-state index in [2.05, 4.69) is 0 Å². The van der Waals surface area contributed by atoms with Gasteiger partial charge >= 0.3 is 5.97 Å². The maximum Gasteiger partial charge on any atom is 0.324 e. The quantitative estimate of drug-likeness (QED) is 0.683. The zero-order valence-corrected chi connectivity index (χ0v) is 7.83. The number of carboxylic acids is 1. The number of hydrogen-bond donors (Lipinski definition) is 1. The van der Waals surface area contributed by atoms with Crippen LogP contribution in [0.3, 0.4) is 0 Å². The number of carboxylic acid groups (broad SMARTS) is 1. The third-order valence-electron chi connectivity index (χ3n) is 1.81. The molecule has 0 bridgehead atoms. The van der Waals surface area contributed by atoms with Crippen molar-refractivity contribution in [3.63, 3.8) is 0 Å². The van der Waals surface area contributed by atoms with Crippen LogP contribution in [0.25, 0.3) is 0 Å². The Bertz CT molecular complexity index is 173. The molecule has 11 heavy (non-hydrogen) atoms. The number of alkyl halides is 3. The lowest BCUT2D eigenvalue weighted by Crippen LogP contribution is -2.29. The molecule has 1 aliphatic carbocycles. The number of hydrogen-bond acceptors (Lipinski definition) is 1. The van der Waals surface area contributed by atoms with Crippen LogP contribution in [0.2, 0.25) is 0 Å². The van der Waals surface area contributed by atoms with Crippen molar-refractivity contribution in [3.8, 4) is 0 Å². The van der Waals surface area contributed by atoms with E-state index < -0.39 is 10.8 Å². The van der Waals surface area contributed by atoms with Gasteiger partial charge in [0, 0.05) is 0 Å². The first-order valence-corrected chi connectivity index (χ1v) is 4.41. The average Bonchev–Trinajstić information content (AvgIpc) is 2.09. The first kappa shape index (κ1) is 9.43. The van der Waals surface area contributed by atoms with Crippen molar-refractivity contribution in [2.75, 3.05) is 0 Å². The Morgan fingerprint density at radius 2 is 1.73 bits per heavy atom. The summed E-state index contributed by atoms with van der Waals surface area (Å²) in [6.45, 7) is 0. The van der Waals surface area contributed by atoms with Crippen LogP contribution in [0, 0.1) is 0 Å². The van der Waals surface area contributed by atoms with E-state index in [1.165, 1.54) is 0 Å². The molecule has 64 valence electrons. The van der Waals surface area contributed by atoms with Crippen LogP contribution in [-0.4, -0.2) is 26.7 Å². The second-order valence-corrected chi connectivity index (χ2v) is 4.56. The van der Waals surface area contributed by atoms with Crippen LogP contribution < -0.4 is 0 Å². The van der Waals surface area contributed by atoms with E-state index >= 15 is 0 Å². The standard InChI is InChI=1S/C6H7Cl3O2/c7-3-1-6(9,5(10)11)2-4(3)8/h3-4H,1-2H2,(H,10,11). The van der Waals surface area contributed by atoms with Gasteiger partial charge in [-0.3, -0.25) is 4.79 Å². The molecule has 1 saturated carbocycles.